The van der Waals surface area contributed by atoms with Crippen LogP contribution in [0.2, 0.25) is 20.1 Å². The summed E-state index contributed by atoms with van der Waals surface area (Å²) in [7, 11) is 0. The molecule has 31 heavy (non-hydrogen) atoms. The molecule has 4 rings (SSSR count). The van der Waals surface area contributed by atoms with Gasteiger partial charge in [0.1, 0.15) is 5.82 Å². The first-order valence-electron chi connectivity index (χ1n) is 8.76. The molecule has 0 fully saturated rings. The Balaban J connectivity index is 1.77. The Morgan fingerprint density at radius 3 is 2.29 bits per heavy atom. The first-order chi connectivity index (χ1) is 14.8. The number of halogens is 5. The Bertz CT molecular complexity index is 1290. The fourth-order valence-electron chi connectivity index (χ4n) is 2.76. The van der Waals surface area contributed by atoms with E-state index in [2.05, 4.69) is 15.4 Å². The minimum absolute atomic E-state index is 0.128. The Hall–Kier alpha value is -2.64. The fourth-order valence-corrected chi connectivity index (χ4v) is 3.51. The van der Waals surface area contributed by atoms with E-state index in [1.165, 1.54) is 35.0 Å². The maximum Gasteiger partial charge on any atom is 0.295 e. The molecule has 0 spiro atoms. The Kier molecular flexibility index (Phi) is 6.16. The van der Waals surface area contributed by atoms with E-state index >= 15 is 0 Å². The standard InChI is InChI=1S/C21H11Cl4FN4O/c22-12-3-8-18(17(25)9-12)27-21(31)19-28-20(11-1-4-13(26)5-2-11)30(29-19)14-6-7-15(23)16(24)10-14/h1-10H,(H,27,31). The summed E-state index contributed by atoms with van der Waals surface area (Å²) in [5.41, 5.74) is 1.42. The first kappa shape index (κ1) is 21.6. The average molecular weight is 496 g/mol. The van der Waals surface area contributed by atoms with Crippen molar-refractivity contribution in [3.63, 3.8) is 0 Å². The van der Waals surface area contributed by atoms with Crippen LogP contribution in [0.4, 0.5) is 10.1 Å². The Morgan fingerprint density at radius 2 is 1.61 bits per heavy atom. The molecule has 156 valence electrons. The van der Waals surface area contributed by atoms with E-state index in [0.717, 1.165) is 0 Å². The molecule has 0 aliphatic carbocycles. The summed E-state index contributed by atoms with van der Waals surface area (Å²) in [4.78, 5) is 17.2. The normalized spacial score (nSPS) is 10.9. The van der Waals surface area contributed by atoms with Crippen molar-refractivity contribution < 1.29 is 9.18 Å². The number of nitrogens with one attached hydrogen (secondary N) is 1. The molecular formula is C21H11Cl4FN4O. The van der Waals surface area contributed by atoms with Crippen molar-refractivity contribution in [1.82, 2.24) is 14.8 Å². The van der Waals surface area contributed by atoms with E-state index in [0.29, 0.717) is 37.8 Å². The van der Waals surface area contributed by atoms with Crippen molar-refractivity contribution in [3.05, 3.63) is 92.4 Å². The number of aromatic nitrogens is 3. The maximum atomic E-state index is 13.4. The van der Waals surface area contributed by atoms with Gasteiger partial charge in [0.05, 0.1) is 26.4 Å². The third kappa shape index (κ3) is 4.67. The molecule has 0 radical (unpaired) electrons. The van der Waals surface area contributed by atoms with E-state index in [9.17, 15) is 9.18 Å². The molecule has 5 nitrogen and oxygen atoms in total. The molecule has 0 saturated heterocycles. The van der Waals surface area contributed by atoms with Crippen molar-refractivity contribution in [3.8, 4) is 17.1 Å². The maximum absolute atomic E-state index is 13.4. The van der Waals surface area contributed by atoms with E-state index in [1.54, 1.807) is 30.3 Å². The summed E-state index contributed by atoms with van der Waals surface area (Å²) in [6.07, 6.45) is 0. The number of amides is 1. The summed E-state index contributed by atoms with van der Waals surface area (Å²) in [5, 5.41) is 8.34. The van der Waals surface area contributed by atoms with E-state index < -0.39 is 11.7 Å². The lowest BCUT2D eigenvalue weighted by Gasteiger charge is -2.07. The lowest BCUT2D eigenvalue weighted by Crippen LogP contribution is -2.14. The van der Waals surface area contributed by atoms with Crippen molar-refractivity contribution in [2.75, 3.05) is 5.32 Å². The highest BCUT2D eigenvalue weighted by molar-refractivity contribution is 6.42. The van der Waals surface area contributed by atoms with Gasteiger partial charge in [0.2, 0.25) is 5.82 Å². The topological polar surface area (TPSA) is 59.8 Å². The van der Waals surface area contributed by atoms with Crippen molar-refractivity contribution in [1.29, 1.82) is 0 Å². The molecule has 1 N–H and O–H groups in total. The number of hydrogen-bond acceptors (Lipinski definition) is 3. The molecule has 0 bridgehead atoms. The molecule has 10 heteroatoms. The SMILES string of the molecule is O=C(Nc1ccc(Cl)cc1Cl)c1nc(-c2ccc(F)cc2)n(-c2ccc(Cl)c(Cl)c2)n1. The van der Waals surface area contributed by atoms with Gasteiger partial charge in [0.15, 0.2) is 5.82 Å². The van der Waals surface area contributed by atoms with Gasteiger partial charge >= 0.3 is 0 Å². The number of nitrogens with zero attached hydrogens (tertiary/aromatic N) is 3. The number of carbonyl (C=O) groups excluding carboxylic acids is 1. The second kappa shape index (κ2) is 8.85. The smallest absolute Gasteiger partial charge is 0.295 e. The number of benzene rings is 3. The van der Waals surface area contributed by atoms with Crippen LogP contribution < -0.4 is 5.32 Å². The summed E-state index contributed by atoms with van der Waals surface area (Å²) in [6, 6.07) is 15.2. The zero-order valence-corrected chi connectivity index (χ0v) is 18.4. The van der Waals surface area contributed by atoms with Crippen LogP contribution >= 0.6 is 46.4 Å². The van der Waals surface area contributed by atoms with Gasteiger partial charge in [-0.2, -0.15) is 0 Å². The quantitative estimate of drug-likeness (QED) is 0.333. The van der Waals surface area contributed by atoms with Crippen LogP contribution in [0.15, 0.2) is 60.7 Å². The third-order valence-electron chi connectivity index (χ3n) is 4.24. The fraction of sp³-hybridized carbons (Fsp3) is 0. The first-order valence-corrected chi connectivity index (χ1v) is 10.3. The zero-order valence-electron chi connectivity index (χ0n) is 15.4. The van der Waals surface area contributed by atoms with Crippen LogP contribution in [-0.4, -0.2) is 20.7 Å². The van der Waals surface area contributed by atoms with E-state index in [1.807, 2.05) is 0 Å². The molecule has 4 aromatic rings. The lowest BCUT2D eigenvalue weighted by atomic mass is 10.2. The van der Waals surface area contributed by atoms with E-state index in [-0.39, 0.29) is 10.8 Å². The Morgan fingerprint density at radius 1 is 0.871 bits per heavy atom. The van der Waals surface area contributed by atoms with Crippen LogP contribution in [0.3, 0.4) is 0 Å². The van der Waals surface area contributed by atoms with Gasteiger partial charge in [-0.15, -0.1) is 5.10 Å². The molecule has 0 unspecified atom stereocenters. The molecular weight excluding hydrogens is 485 g/mol. The summed E-state index contributed by atoms with van der Waals surface area (Å²) >= 11 is 24.2. The number of anilines is 1. The lowest BCUT2D eigenvalue weighted by molar-refractivity contribution is 0.101. The largest absolute Gasteiger partial charge is 0.318 e. The molecule has 0 aliphatic rings. The Labute approximate surface area is 196 Å². The van der Waals surface area contributed by atoms with Crippen LogP contribution in [0.1, 0.15) is 10.6 Å². The highest BCUT2D eigenvalue weighted by Crippen LogP contribution is 2.29. The van der Waals surface area contributed by atoms with Gasteiger partial charge < -0.3 is 5.32 Å². The predicted molar refractivity (Wildman–Crippen MR) is 121 cm³/mol. The van der Waals surface area contributed by atoms with Crippen LogP contribution in [0, 0.1) is 5.82 Å². The minimum Gasteiger partial charge on any atom is -0.318 e. The van der Waals surface area contributed by atoms with Gasteiger partial charge in [-0.25, -0.2) is 14.1 Å². The molecule has 1 heterocycles. The molecule has 1 aromatic heterocycles. The van der Waals surface area contributed by atoms with Gasteiger partial charge in [-0.1, -0.05) is 46.4 Å². The monoisotopic (exact) mass is 494 g/mol. The molecule has 0 aliphatic heterocycles. The highest BCUT2D eigenvalue weighted by atomic mass is 35.5. The number of rotatable bonds is 4. The second-order valence-corrected chi connectivity index (χ2v) is 8.01. The van der Waals surface area contributed by atoms with Crippen LogP contribution in [0.5, 0.6) is 0 Å². The van der Waals surface area contributed by atoms with Crippen molar-refractivity contribution in [2.45, 2.75) is 0 Å². The summed E-state index contributed by atoms with van der Waals surface area (Å²) in [6.45, 7) is 0. The van der Waals surface area contributed by atoms with Gasteiger partial charge in [-0.05, 0) is 60.7 Å². The van der Waals surface area contributed by atoms with Gasteiger partial charge in [-0.3, -0.25) is 4.79 Å². The molecule has 0 saturated carbocycles. The number of hydrogen-bond donors (Lipinski definition) is 1. The van der Waals surface area contributed by atoms with E-state index in [4.69, 9.17) is 46.4 Å². The highest BCUT2D eigenvalue weighted by Gasteiger charge is 2.20. The molecule has 0 atom stereocenters. The predicted octanol–water partition coefficient (Wildman–Crippen LogP) is 6.94. The van der Waals surface area contributed by atoms with Gasteiger partial charge in [0, 0.05) is 10.6 Å². The van der Waals surface area contributed by atoms with Crippen LogP contribution in [-0.2, 0) is 0 Å². The van der Waals surface area contributed by atoms with Gasteiger partial charge in [0.25, 0.3) is 5.91 Å². The van der Waals surface area contributed by atoms with Crippen molar-refractivity contribution >= 4 is 58.0 Å². The summed E-state index contributed by atoms with van der Waals surface area (Å²) < 4.78 is 14.8. The molecule has 1 amide bonds. The average Bonchev–Trinajstić information content (AvgIpc) is 3.18. The summed E-state index contributed by atoms with van der Waals surface area (Å²) in [5.74, 6) is -0.812. The zero-order chi connectivity index (χ0) is 22.1. The molecule has 3 aromatic carbocycles. The van der Waals surface area contributed by atoms with Crippen LogP contribution in [0.25, 0.3) is 17.1 Å². The minimum atomic E-state index is -0.591. The second-order valence-electron chi connectivity index (χ2n) is 6.35. The van der Waals surface area contributed by atoms with Crippen molar-refractivity contribution in [2.24, 2.45) is 0 Å². The third-order valence-corrected chi connectivity index (χ3v) is 5.53. The number of carbonyl (C=O) groups is 1.